The van der Waals surface area contributed by atoms with E-state index in [4.69, 9.17) is 0 Å². The lowest BCUT2D eigenvalue weighted by Gasteiger charge is -2.10. The summed E-state index contributed by atoms with van der Waals surface area (Å²) in [4.78, 5) is 10.9. The Balaban J connectivity index is 0.000000170. The first-order valence-corrected chi connectivity index (χ1v) is 10.3. The molecule has 0 aromatic carbocycles. The number of hydrogen-bond acceptors (Lipinski definition) is 4. The molecular formula is C17H23F3O4S. The minimum absolute atomic E-state index is 0.0491. The zero-order valence-electron chi connectivity index (χ0n) is 13.9. The van der Waals surface area contributed by atoms with Gasteiger partial charge in [0.2, 0.25) is 0 Å². The van der Waals surface area contributed by atoms with E-state index >= 15 is 0 Å². The molecular weight excluding hydrogens is 357 g/mol. The Hall–Kier alpha value is -1.05. The van der Waals surface area contributed by atoms with Crippen molar-refractivity contribution >= 4 is 15.9 Å². The average Bonchev–Trinajstić information content (AvgIpc) is 3.17. The van der Waals surface area contributed by atoms with Gasteiger partial charge in [-0.05, 0) is 55.4 Å². The van der Waals surface area contributed by atoms with Crippen LogP contribution in [0.25, 0.3) is 0 Å². The number of allylic oxidation sites excluding steroid dienone is 2. The zero-order valence-corrected chi connectivity index (χ0v) is 14.7. The van der Waals surface area contributed by atoms with E-state index in [1.165, 1.54) is 25.3 Å². The Bertz CT molecular complexity index is 639. The number of hydrogen-bond donors (Lipinski definition) is 0. The van der Waals surface area contributed by atoms with Gasteiger partial charge in [-0.2, -0.15) is 21.6 Å². The summed E-state index contributed by atoms with van der Waals surface area (Å²) >= 11 is 0. The fourth-order valence-corrected chi connectivity index (χ4v) is 5.17. The number of ketones is 1. The number of alkyl halides is 3. The van der Waals surface area contributed by atoms with E-state index < -0.39 is 15.6 Å². The second-order valence-corrected chi connectivity index (χ2v) is 9.11. The van der Waals surface area contributed by atoms with Crippen molar-refractivity contribution < 1.29 is 30.6 Å². The summed E-state index contributed by atoms with van der Waals surface area (Å²) in [6, 6.07) is 0. The van der Waals surface area contributed by atoms with Crippen molar-refractivity contribution in [1.82, 2.24) is 0 Å². The first-order chi connectivity index (χ1) is 11.7. The Kier molecular flexibility index (Phi) is 5.19. The Morgan fingerprint density at radius 3 is 2.04 bits per heavy atom. The second-order valence-electron chi connectivity index (χ2n) is 7.57. The first kappa shape index (κ1) is 18.7. The molecule has 0 amide bonds. The molecule has 0 aromatic rings. The van der Waals surface area contributed by atoms with Crippen LogP contribution >= 0.6 is 0 Å². The predicted molar refractivity (Wildman–Crippen MR) is 84.7 cm³/mol. The van der Waals surface area contributed by atoms with Gasteiger partial charge in [0.15, 0.2) is 0 Å². The SMILES string of the molecule is O=C1C[C@H]2CCC[C@H]2C1.O=S(=O)(OC1=C[C@H]2CCC[C@H]2C1)C(F)(F)F. The molecule has 3 fully saturated rings. The molecule has 3 saturated carbocycles. The van der Waals surface area contributed by atoms with Crippen molar-refractivity contribution in [3.8, 4) is 0 Å². The summed E-state index contributed by atoms with van der Waals surface area (Å²) in [5.74, 6) is 2.53. The van der Waals surface area contributed by atoms with Crippen LogP contribution in [-0.2, 0) is 19.1 Å². The van der Waals surface area contributed by atoms with E-state index in [0.29, 0.717) is 12.2 Å². The third-order valence-corrected chi connectivity index (χ3v) is 6.88. The summed E-state index contributed by atoms with van der Waals surface area (Å²) in [6.07, 6.45) is 10.6. The van der Waals surface area contributed by atoms with Gasteiger partial charge in [-0.15, -0.1) is 0 Å². The first-order valence-electron chi connectivity index (χ1n) is 8.89. The summed E-state index contributed by atoms with van der Waals surface area (Å²) in [6.45, 7) is 0. The van der Waals surface area contributed by atoms with Crippen LogP contribution < -0.4 is 0 Å². The van der Waals surface area contributed by atoms with Gasteiger partial charge in [-0.25, -0.2) is 0 Å². The highest BCUT2D eigenvalue weighted by Crippen LogP contribution is 2.44. The Morgan fingerprint density at radius 1 is 0.920 bits per heavy atom. The molecule has 4 atom stereocenters. The Morgan fingerprint density at radius 2 is 1.48 bits per heavy atom. The molecule has 0 bridgehead atoms. The minimum atomic E-state index is -5.48. The lowest BCUT2D eigenvalue weighted by atomic mass is 10.0. The molecule has 8 heteroatoms. The topological polar surface area (TPSA) is 60.4 Å². The summed E-state index contributed by atoms with van der Waals surface area (Å²) in [5, 5.41) is 0. The molecule has 0 N–H and O–H groups in total. The molecule has 0 aromatic heterocycles. The number of rotatable bonds is 2. The molecule has 0 spiro atoms. The van der Waals surface area contributed by atoms with E-state index in [1.54, 1.807) is 0 Å². The largest absolute Gasteiger partial charge is 0.534 e. The van der Waals surface area contributed by atoms with Crippen LogP contribution in [0.3, 0.4) is 0 Å². The van der Waals surface area contributed by atoms with Gasteiger partial charge in [-0.3, -0.25) is 4.79 Å². The highest BCUT2D eigenvalue weighted by Gasteiger charge is 2.49. The fraction of sp³-hybridized carbons (Fsp3) is 0.824. The van der Waals surface area contributed by atoms with E-state index in [0.717, 1.165) is 43.9 Å². The molecule has 25 heavy (non-hydrogen) atoms. The van der Waals surface area contributed by atoms with Crippen molar-refractivity contribution in [2.45, 2.75) is 63.3 Å². The van der Waals surface area contributed by atoms with Crippen LogP contribution in [-0.4, -0.2) is 19.7 Å². The molecule has 4 rings (SSSR count). The molecule has 4 nitrogen and oxygen atoms in total. The predicted octanol–water partition coefficient (Wildman–Crippen LogP) is 4.32. The normalized spacial score (nSPS) is 34.2. The number of fused-ring (bicyclic) bond motifs is 2. The summed E-state index contributed by atoms with van der Waals surface area (Å²) in [5.41, 5.74) is -5.34. The third-order valence-electron chi connectivity index (χ3n) is 5.88. The van der Waals surface area contributed by atoms with Crippen molar-refractivity contribution in [3.63, 3.8) is 0 Å². The minimum Gasteiger partial charge on any atom is -0.381 e. The van der Waals surface area contributed by atoms with Crippen LogP contribution in [0.4, 0.5) is 13.2 Å². The molecule has 4 aliphatic rings. The lowest BCUT2D eigenvalue weighted by Crippen LogP contribution is -2.25. The zero-order chi connectivity index (χ0) is 18.2. The molecule has 0 heterocycles. The van der Waals surface area contributed by atoms with Crippen molar-refractivity contribution in [2.24, 2.45) is 23.7 Å². The van der Waals surface area contributed by atoms with Crippen molar-refractivity contribution in [1.29, 1.82) is 0 Å². The maximum absolute atomic E-state index is 12.0. The van der Waals surface area contributed by atoms with Crippen molar-refractivity contribution in [2.75, 3.05) is 0 Å². The van der Waals surface area contributed by atoms with Crippen molar-refractivity contribution in [3.05, 3.63) is 11.8 Å². The van der Waals surface area contributed by atoms with Gasteiger partial charge in [0.25, 0.3) is 0 Å². The van der Waals surface area contributed by atoms with Gasteiger partial charge >= 0.3 is 15.6 Å². The van der Waals surface area contributed by atoms with Gasteiger partial charge in [0.1, 0.15) is 11.5 Å². The smallest absolute Gasteiger partial charge is 0.381 e. The maximum atomic E-state index is 12.0. The lowest BCUT2D eigenvalue weighted by molar-refractivity contribution is -0.117. The highest BCUT2D eigenvalue weighted by atomic mass is 32.2. The maximum Gasteiger partial charge on any atom is 0.534 e. The quantitative estimate of drug-likeness (QED) is 0.529. The number of carbonyl (C=O) groups excluding carboxylic acids is 1. The summed E-state index contributed by atoms with van der Waals surface area (Å²) in [7, 11) is -5.48. The average molecular weight is 380 g/mol. The Labute approximate surface area is 145 Å². The number of carbonyl (C=O) groups is 1. The van der Waals surface area contributed by atoms with Gasteiger partial charge < -0.3 is 4.18 Å². The molecule has 0 saturated heterocycles. The van der Waals surface area contributed by atoms with Crippen LogP contribution in [0, 0.1) is 23.7 Å². The van der Waals surface area contributed by atoms with E-state index in [1.807, 2.05) is 0 Å². The van der Waals surface area contributed by atoms with Gasteiger partial charge in [0.05, 0.1) is 0 Å². The van der Waals surface area contributed by atoms with Crippen LogP contribution in [0.5, 0.6) is 0 Å². The standard InChI is InChI=1S/C9H11F3O3S.C8H12O/c10-9(11,12)16(13,14)15-8-4-6-2-1-3-7(6)5-8;9-8-4-6-2-1-3-7(6)5-8/h4,6-7H,1-3,5H2;6-7H,1-5H2/t2*6-,7+/m1./s1. The van der Waals surface area contributed by atoms with Crippen LogP contribution in [0.2, 0.25) is 0 Å². The fourth-order valence-electron chi connectivity index (χ4n) is 4.67. The van der Waals surface area contributed by atoms with E-state index in [2.05, 4.69) is 4.18 Å². The van der Waals surface area contributed by atoms with E-state index in [-0.39, 0.29) is 17.6 Å². The summed E-state index contributed by atoms with van der Waals surface area (Å²) < 4.78 is 61.7. The van der Waals surface area contributed by atoms with Gasteiger partial charge in [0, 0.05) is 19.3 Å². The molecule has 142 valence electrons. The molecule has 0 radical (unpaired) electrons. The van der Waals surface area contributed by atoms with Crippen LogP contribution in [0.15, 0.2) is 11.8 Å². The van der Waals surface area contributed by atoms with Crippen LogP contribution in [0.1, 0.15) is 57.8 Å². The highest BCUT2D eigenvalue weighted by molar-refractivity contribution is 7.87. The number of halogens is 3. The molecule has 4 aliphatic carbocycles. The van der Waals surface area contributed by atoms with Gasteiger partial charge in [-0.1, -0.05) is 12.8 Å². The monoisotopic (exact) mass is 380 g/mol. The molecule has 0 aliphatic heterocycles. The number of Topliss-reactive ketones (excluding diaryl/α,β-unsaturated/α-hetero) is 1. The second kappa shape index (κ2) is 6.93. The molecule has 0 unspecified atom stereocenters. The van der Waals surface area contributed by atoms with E-state index in [9.17, 15) is 26.4 Å². The third kappa shape index (κ3) is 4.20.